The smallest absolute Gasteiger partial charge is 0.369 e. The molecule has 41 heavy (non-hydrogen) atoms. The van der Waals surface area contributed by atoms with E-state index in [9.17, 15) is 45.1 Å². The fourth-order valence-corrected chi connectivity index (χ4v) is 4.58. The molecular formula is C27H27F7N4O3. The molecule has 3 atom stereocenters. The van der Waals surface area contributed by atoms with E-state index in [4.69, 9.17) is 5.73 Å². The molecule has 0 saturated carbocycles. The molecule has 3 unspecified atom stereocenters. The van der Waals surface area contributed by atoms with Crippen LogP contribution in [0.15, 0.2) is 47.5 Å². The molecule has 222 valence electrons. The highest BCUT2D eigenvalue weighted by molar-refractivity contribution is 6.20. The van der Waals surface area contributed by atoms with Crippen LogP contribution in [0, 0.1) is 24.6 Å². The van der Waals surface area contributed by atoms with Crippen molar-refractivity contribution in [3.63, 3.8) is 0 Å². The van der Waals surface area contributed by atoms with Crippen molar-refractivity contribution in [1.82, 2.24) is 5.32 Å². The normalized spacial score (nSPS) is 17.0. The van der Waals surface area contributed by atoms with Gasteiger partial charge in [0.25, 0.3) is 5.91 Å². The summed E-state index contributed by atoms with van der Waals surface area (Å²) in [5, 5.41) is 4.83. The number of halogens is 7. The molecule has 1 aliphatic rings. The van der Waals surface area contributed by atoms with Crippen molar-refractivity contribution in [3.05, 3.63) is 65.0 Å². The quantitative estimate of drug-likeness (QED) is 0.333. The van der Waals surface area contributed by atoms with Crippen molar-refractivity contribution in [2.24, 2.45) is 22.6 Å². The molecule has 7 nitrogen and oxygen atoms in total. The molecule has 14 heteroatoms. The minimum absolute atomic E-state index is 0.0790. The zero-order valence-electron chi connectivity index (χ0n) is 21.7. The number of nitrogens with zero attached hydrogens (tertiary/aromatic N) is 1. The van der Waals surface area contributed by atoms with Gasteiger partial charge in [0.1, 0.15) is 5.82 Å². The van der Waals surface area contributed by atoms with Crippen LogP contribution in [-0.2, 0) is 14.4 Å². The number of aryl methyl sites for hydroxylation is 1. The van der Waals surface area contributed by atoms with Gasteiger partial charge >= 0.3 is 12.4 Å². The Morgan fingerprint density at radius 2 is 1.66 bits per heavy atom. The van der Waals surface area contributed by atoms with Crippen LogP contribution in [0.2, 0.25) is 0 Å². The molecule has 0 spiro atoms. The van der Waals surface area contributed by atoms with E-state index in [-0.39, 0.29) is 11.3 Å². The fourth-order valence-electron chi connectivity index (χ4n) is 4.58. The molecule has 1 aliphatic heterocycles. The van der Waals surface area contributed by atoms with Gasteiger partial charge in [-0.25, -0.2) is 9.38 Å². The first-order valence-electron chi connectivity index (χ1n) is 12.5. The summed E-state index contributed by atoms with van der Waals surface area (Å²) in [6.45, 7) is 1.67. The molecule has 4 N–H and O–H groups in total. The van der Waals surface area contributed by atoms with Crippen molar-refractivity contribution in [3.8, 4) is 0 Å². The van der Waals surface area contributed by atoms with Crippen molar-refractivity contribution in [2.45, 2.75) is 57.5 Å². The van der Waals surface area contributed by atoms with E-state index in [2.05, 4.69) is 15.6 Å². The summed E-state index contributed by atoms with van der Waals surface area (Å²) in [7, 11) is 0. The first-order valence-corrected chi connectivity index (χ1v) is 12.5. The third-order valence-corrected chi connectivity index (χ3v) is 6.56. The van der Waals surface area contributed by atoms with Gasteiger partial charge in [0.2, 0.25) is 18.0 Å². The van der Waals surface area contributed by atoms with Gasteiger partial charge in [0.05, 0.1) is 11.4 Å². The van der Waals surface area contributed by atoms with E-state index in [1.54, 1.807) is 25.1 Å². The zero-order chi connectivity index (χ0) is 30.5. The van der Waals surface area contributed by atoms with Crippen LogP contribution in [0.4, 0.5) is 36.4 Å². The largest absolute Gasteiger partial charge is 0.389 e. The number of hydrogen-bond acceptors (Lipinski definition) is 4. The predicted molar refractivity (Wildman–Crippen MR) is 135 cm³/mol. The zero-order valence-corrected chi connectivity index (χ0v) is 21.7. The number of fused-ring (bicyclic) bond motifs is 1. The molecule has 0 aliphatic carbocycles. The van der Waals surface area contributed by atoms with E-state index in [0.717, 1.165) is 6.07 Å². The van der Waals surface area contributed by atoms with Crippen LogP contribution < -0.4 is 16.4 Å². The average Bonchev–Trinajstić information content (AvgIpc) is 2.99. The fraction of sp³-hybridized carbons (Fsp3) is 0.407. The van der Waals surface area contributed by atoms with Gasteiger partial charge in [0.15, 0.2) is 0 Å². The van der Waals surface area contributed by atoms with Gasteiger partial charge < -0.3 is 16.4 Å². The highest BCUT2D eigenvalue weighted by atomic mass is 19.4. The lowest BCUT2D eigenvalue weighted by molar-refractivity contribution is -0.147. The van der Waals surface area contributed by atoms with Crippen LogP contribution in [0.5, 0.6) is 0 Å². The Bertz CT molecular complexity index is 1320. The number of benzene rings is 2. The number of rotatable bonds is 10. The van der Waals surface area contributed by atoms with Crippen molar-refractivity contribution in [2.75, 3.05) is 5.32 Å². The first kappa shape index (κ1) is 31.6. The lowest BCUT2D eigenvalue weighted by Gasteiger charge is -2.26. The van der Waals surface area contributed by atoms with E-state index in [1.807, 2.05) is 0 Å². The van der Waals surface area contributed by atoms with Crippen LogP contribution in [0.1, 0.15) is 48.8 Å². The topological polar surface area (TPSA) is 114 Å². The van der Waals surface area contributed by atoms with Gasteiger partial charge in [-0.1, -0.05) is 30.3 Å². The third-order valence-electron chi connectivity index (χ3n) is 6.56. The molecular weight excluding hydrogens is 561 g/mol. The number of alkyl halides is 6. The number of carbonyl (C=O) groups excluding carboxylic acids is 3. The monoisotopic (exact) mass is 588 g/mol. The Morgan fingerprint density at radius 3 is 2.27 bits per heavy atom. The molecule has 3 amide bonds. The van der Waals surface area contributed by atoms with Crippen molar-refractivity contribution < 1.29 is 45.1 Å². The number of amides is 3. The van der Waals surface area contributed by atoms with Gasteiger partial charge in [-0.2, -0.15) is 26.3 Å². The number of carbonyl (C=O) groups is 3. The van der Waals surface area contributed by atoms with Crippen LogP contribution in [0.25, 0.3) is 0 Å². The molecule has 3 rings (SSSR count). The lowest BCUT2D eigenvalue weighted by atomic mass is 9.83. The number of aliphatic imine (C=N–C) groups is 1. The number of primary amides is 1. The molecule has 0 saturated heterocycles. The second-order valence-electron chi connectivity index (χ2n) is 9.66. The van der Waals surface area contributed by atoms with E-state index in [1.165, 1.54) is 18.2 Å². The highest BCUT2D eigenvalue weighted by Gasteiger charge is 2.39. The van der Waals surface area contributed by atoms with Crippen molar-refractivity contribution in [1.29, 1.82) is 0 Å². The molecule has 0 bridgehead atoms. The van der Waals surface area contributed by atoms with Crippen LogP contribution in [0.3, 0.4) is 0 Å². The number of hydrogen-bond donors (Lipinski definition) is 3. The van der Waals surface area contributed by atoms with E-state index >= 15 is 0 Å². The minimum atomic E-state index is -4.76. The summed E-state index contributed by atoms with van der Waals surface area (Å²) in [4.78, 5) is 42.9. The Morgan fingerprint density at radius 1 is 1.00 bits per heavy atom. The van der Waals surface area contributed by atoms with Gasteiger partial charge in [0, 0.05) is 35.8 Å². The molecule has 2 aromatic carbocycles. The number of nitrogens with one attached hydrogen (secondary N) is 2. The second-order valence-corrected chi connectivity index (χ2v) is 9.66. The predicted octanol–water partition coefficient (Wildman–Crippen LogP) is 5.16. The standard InChI is InChI=1S/C27H27F7N4O3/c1-14-5-2-8-19-20(14)37-25(41)23(36-21(19)15-6-3-7-16(28)13-15)38-24(40)18(10-12-27(32,33)34)17(22(35)39)9-4-11-26(29,30)31/h2-3,5-8,13,17-18,23H,4,9-12H2,1H3,(H2,35,39)(H,37,41)(H,38,40). The Hall–Kier alpha value is -3.97. The van der Waals surface area contributed by atoms with Crippen LogP contribution >= 0.6 is 0 Å². The molecule has 0 aromatic heterocycles. The molecule has 0 fully saturated rings. The number of para-hydroxylation sites is 1. The number of benzodiazepines with no additional fused rings is 1. The summed E-state index contributed by atoms with van der Waals surface area (Å²) in [6, 6.07) is 10.1. The summed E-state index contributed by atoms with van der Waals surface area (Å²) >= 11 is 0. The van der Waals surface area contributed by atoms with Gasteiger partial charge in [-0.15, -0.1) is 0 Å². The minimum Gasteiger partial charge on any atom is -0.369 e. The maximum atomic E-state index is 14.1. The Labute approximate surface area is 230 Å². The summed E-state index contributed by atoms with van der Waals surface area (Å²) < 4.78 is 91.3. The SMILES string of the molecule is Cc1cccc2c1NC(=O)C(NC(=O)C(CCC(F)(F)F)C(CCCC(F)(F)F)C(N)=O)N=C2c1cccc(F)c1. The first-order chi connectivity index (χ1) is 19.1. The Kier molecular flexibility index (Phi) is 9.77. The maximum absolute atomic E-state index is 14.1. The third kappa shape index (κ3) is 8.76. The van der Waals surface area contributed by atoms with E-state index < -0.39 is 86.0 Å². The maximum Gasteiger partial charge on any atom is 0.389 e. The average molecular weight is 589 g/mol. The Balaban J connectivity index is 1.99. The highest BCUT2D eigenvalue weighted by Crippen LogP contribution is 2.32. The van der Waals surface area contributed by atoms with Gasteiger partial charge in [-0.05, 0) is 43.9 Å². The lowest BCUT2D eigenvalue weighted by Crippen LogP contribution is -2.48. The summed E-state index contributed by atoms with van der Waals surface area (Å²) in [6.07, 6.45) is -16.2. The number of nitrogens with two attached hydrogens (primary N) is 1. The molecule has 1 heterocycles. The summed E-state index contributed by atoms with van der Waals surface area (Å²) in [5.74, 6) is -7.49. The molecule has 2 aromatic rings. The van der Waals surface area contributed by atoms with E-state index in [0.29, 0.717) is 16.8 Å². The molecule has 0 radical (unpaired) electrons. The van der Waals surface area contributed by atoms with Gasteiger partial charge in [-0.3, -0.25) is 14.4 Å². The summed E-state index contributed by atoms with van der Waals surface area (Å²) in [5.41, 5.74) is 6.88. The van der Waals surface area contributed by atoms with Crippen molar-refractivity contribution >= 4 is 29.1 Å². The number of anilines is 1. The second kappa shape index (κ2) is 12.7. The van der Waals surface area contributed by atoms with Crippen LogP contribution in [-0.4, -0.2) is 42.0 Å².